The number of carbonyl (C=O) groups is 1. The third-order valence-electron chi connectivity index (χ3n) is 2.82. The Hall–Kier alpha value is -0.870. The predicted octanol–water partition coefficient (Wildman–Crippen LogP) is 1.37. The van der Waals surface area contributed by atoms with Gasteiger partial charge in [0.15, 0.2) is 0 Å². The molecule has 2 unspecified atom stereocenters. The van der Waals surface area contributed by atoms with E-state index in [9.17, 15) is 4.79 Å². The fourth-order valence-electron chi connectivity index (χ4n) is 2.13. The Bertz CT molecular complexity index is 265. The van der Waals surface area contributed by atoms with E-state index >= 15 is 0 Å². The van der Waals surface area contributed by atoms with Gasteiger partial charge in [-0.1, -0.05) is 19.1 Å². The second-order valence-corrected chi connectivity index (χ2v) is 4.48. The highest BCUT2D eigenvalue weighted by molar-refractivity contribution is 5.71. The average Bonchev–Trinajstić information content (AvgIpc) is 2.64. The van der Waals surface area contributed by atoms with Crippen molar-refractivity contribution in [3.63, 3.8) is 0 Å². The smallest absolute Gasteiger partial charge is 0.310 e. The fraction of sp³-hybridized carbons (Fsp3) is 0.750. The Kier molecular flexibility index (Phi) is 4.96. The van der Waals surface area contributed by atoms with Gasteiger partial charge in [0.1, 0.15) is 0 Å². The predicted molar refractivity (Wildman–Crippen MR) is 62.4 cm³/mol. The maximum absolute atomic E-state index is 11.1. The summed E-state index contributed by atoms with van der Waals surface area (Å²) in [6, 6.07) is -0.00542. The van der Waals surface area contributed by atoms with E-state index in [1.54, 1.807) is 0 Å². The van der Waals surface area contributed by atoms with Gasteiger partial charge < -0.3 is 9.84 Å². The Morgan fingerprint density at radius 2 is 2.25 bits per heavy atom. The lowest BCUT2D eigenvalue weighted by Crippen LogP contribution is -2.44. The van der Waals surface area contributed by atoms with Crippen LogP contribution in [-0.4, -0.2) is 48.3 Å². The maximum Gasteiger partial charge on any atom is 0.310 e. The molecule has 4 nitrogen and oxygen atoms in total. The van der Waals surface area contributed by atoms with Crippen molar-refractivity contribution in [2.75, 3.05) is 26.3 Å². The lowest BCUT2D eigenvalue weighted by molar-refractivity contribution is -0.143. The molecule has 0 saturated carbocycles. The molecule has 1 aliphatic heterocycles. The van der Waals surface area contributed by atoms with E-state index < -0.39 is 11.9 Å². The highest BCUT2D eigenvalue weighted by atomic mass is 16.5. The molecule has 1 aliphatic rings. The molecule has 0 aromatic carbocycles. The standard InChI is InChI=1S/C12H21NO3/c1-4-5-13(6-9(2)3)11-8-16-7-10(11)12(14)15/h10-11H,2,4-8H2,1,3H3,(H,14,15). The monoisotopic (exact) mass is 227 g/mol. The molecule has 92 valence electrons. The third-order valence-corrected chi connectivity index (χ3v) is 2.82. The number of carboxylic acid groups (broad SMARTS) is 1. The first-order valence-corrected chi connectivity index (χ1v) is 5.75. The van der Waals surface area contributed by atoms with Gasteiger partial charge in [0.2, 0.25) is 0 Å². The van der Waals surface area contributed by atoms with Crippen molar-refractivity contribution in [2.24, 2.45) is 5.92 Å². The molecule has 1 N–H and O–H groups in total. The van der Waals surface area contributed by atoms with Crippen molar-refractivity contribution in [1.82, 2.24) is 4.90 Å². The quantitative estimate of drug-likeness (QED) is 0.696. The number of hydrogen-bond donors (Lipinski definition) is 1. The molecule has 0 spiro atoms. The zero-order valence-corrected chi connectivity index (χ0v) is 10.1. The van der Waals surface area contributed by atoms with E-state index in [1.807, 2.05) is 6.92 Å². The van der Waals surface area contributed by atoms with Gasteiger partial charge in [0, 0.05) is 12.6 Å². The zero-order chi connectivity index (χ0) is 12.1. The minimum atomic E-state index is -0.759. The molecule has 1 saturated heterocycles. The van der Waals surface area contributed by atoms with Crippen molar-refractivity contribution in [3.8, 4) is 0 Å². The summed E-state index contributed by atoms with van der Waals surface area (Å²) in [4.78, 5) is 13.3. The van der Waals surface area contributed by atoms with Crippen molar-refractivity contribution in [1.29, 1.82) is 0 Å². The minimum Gasteiger partial charge on any atom is -0.481 e. The molecule has 2 atom stereocenters. The van der Waals surface area contributed by atoms with E-state index in [1.165, 1.54) is 0 Å². The molecule has 0 radical (unpaired) electrons. The van der Waals surface area contributed by atoms with Crippen LogP contribution < -0.4 is 0 Å². The van der Waals surface area contributed by atoms with E-state index in [2.05, 4.69) is 18.4 Å². The van der Waals surface area contributed by atoms with Crippen molar-refractivity contribution in [2.45, 2.75) is 26.3 Å². The maximum atomic E-state index is 11.1. The molecular formula is C12H21NO3. The summed E-state index contributed by atoms with van der Waals surface area (Å²) in [5.74, 6) is -1.16. The summed E-state index contributed by atoms with van der Waals surface area (Å²) < 4.78 is 5.29. The molecule has 0 aromatic rings. The number of rotatable bonds is 6. The lowest BCUT2D eigenvalue weighted by Gasteiger charge is -2.30. The Morgan fingerprint density at radius 3 is 2.75 bits per heavy atom. The third kappa shape index (κ3) is 3.32. The number of carboxylic acids is 1. The minimum absolute atomic E-state index is 0.00542. The van der Waals surface area contributed by atoms with E-state index in [0.29, 0.717) is 13.2 Å². The van der Waals surface area contributed by atoms with Crippen molar-refractivity contribution < 1.29 is 14.6 Å². The Morgan fingerprint density at radius 1 is 1.56 bits per heavy atom. The molecule has 0 bridgehead atoms. The van der Waals surface area contributed by atoms with Crippen LogP contribution >= 0.6 is 0 Å². The highest BCUT2D eigenvalue weighted by Gasteiger charge is 2.37. The molecule has 1 heterocycles. The molecular weight excluding hydrogens is 206 g/mol. The average molecular weight is 227 g/mol. The molecule has 1 rings (SSSR count). The van der Waals surface area contributed by atoms with Gasteiger partial charge in [0.25, 0.3) is 0 Å². The summed E-state index contributed by atoms with van der Waals surface area (Å²) >= 11 is 0. The Labute approximate surface area is 96.9 Å². The second-order valence-electron chi connectivity index (χ2n) is 4.48. The van der Waals surface area contributed by atoms with Crippen LogP contribution in [0.1, 0.15) is 20.3 Å². The largest absolute Gasteiger partial charge is 0.481 e. The van der Waals surface area contributed by atoms with Crippen LogP contribution in [0.15, 0.2) is 12.2 Å². The number of nitrogens with zero attached hydrogens (tertiary/aromatic N) is 1. The molecule has 0 aliphatic carbocycles. The summed E-state index contributed by atoms with van der Waals surface area (Å²) in [6.07, 6.45) is 1.01. The van der Waals surface area contributed by atoms with Crippen LogP contribution in [0.4, 0.5) is 0 Å². The normalized spacial score (nSPS) is 24.9. The molecule has 0 aromatic heterocycles. The lowest BCUT2D eigenvalue weighted by atomic mass is 10.0. The van der Waals surface area contributed by atoms with E-state index in [-0.39, 0.29) is 6.04 Å². The van der Waals surface area contributed by atoms with Crippen molar-refractivity contribution in [3.05, 3.63) is 12.2 Å². The second kappa shape index (κ2) is 6.01. The first-order chi connectivity index (χ1) is 7.56. The summed E-state index contributed by atoms with van der Waals surface area (Å²) in [7, 11) is 0. The zero-order valence-electron chi connectivity index (χ0n) is 10.1. The van der Waals surface area contributed by atoms with Gasteiger partial charge in [-0.3, -0.25) is 9.69 Å². The van der Waals surface area contributed by atoms with E-state index in [0.717, 1.165) is 25.1 Å². The van der Waals surface area contributed by atoms with Crippen LogP contribution in [0.5, 0.6) is 0 Å². The van der Waals surface area contributed by atoms with Crippen LogP contribution in [0.25, 0.3) is 0 Å². The summed E-state index contributed by atoms with van der Waals surface area (Å²) in [5, 5.41) is 9.11. The number of hydrogen-bond acceptors (Lipinski definition) is 3. The van der Waals surface area contributed by atoms with Gasteiger partial charge in [-0.05, 0) is 19.9 Å². The van der Waals surface area contributed by atoms with Crippen molar-refractivity contribution >= 4 is 5.97 Å². The topological polar surface area (TPSA) is 49.8 Å². The molecule has 0 amide bonds. The van der Waals surface area contributed by atoms with Gasteiger partial charge in [-0.25, -0.2) is 0 Å². The number of ether oxygens (including phenoxy) is 1. The fourth-order valence-corrected chi connectivity index (χ4v) is 2.13. The van der Waals surface area contributed by atoms with Gasteiger partial charge in [0.05, 0.1) is 19.1 Å². The molecule has 16 heavy (non-hydrogen) atoms. The van der Waals surface area contributed by atoms with Gasteiger partial charge >= 0.3 is 5.97 Å². The summed E-state index contributed by atoms with van der Waals surface area (Å²) in [6.45, 7) is 10.4. The first-order valence-electron chi connectivity index (χ1n) is 5.75. The Balaban J connectivity index is 2.68. The first kappa shape index (κ1) is 13.2. The number of aliphatic carboxylic acids is 1. The summed E-state index contributed by atoms with van der Waals surface area (Å²) in [5.41, 5.74) is 1.06. The van der Waals surface area contributed by atoms with Crippen LogP contribution in [0.2, 0.25) is 0 Å². The van der Waals surface area contributed by atoms with E-state index in [4.69, 9.17) is 9.84 Å². The van der Waals surface area contributed by atoms with Crippen LogP contribution in [0, 0.1) is 5.92 Å². The van der Waals surface area contributed by atoms with Crippen LogP contribution in [0.3, 0.4) is 0 Å². The SMILES string of the molecule is C=C(C)CN(CCC)C1COCC1C(=O)O. The van der Waals surface area contributed by atoms with Crippen LogP contribution in [-0.2, 0) is 9.53 Å². The molecule has 1 fully saturated rings. The van der Waals surface area contributed by atoms with Gasteiger partial charge in [-0.2, -0.15) is 0 Å². The van der Waals surface area contributed by atoms with Gasteiger partial charge in [-0.15, -0.1) is 0 Å². The molecule has 4 heteroatoms. The highest BCUT2D eigenvalue weighted by Crippen LogP contribution is 2.21.